The van der Waals surface area contributed by atoms with E-state index in [9.17, 15) is 18.8 Å². The fourth-order valence-corrected chi connectivity index (χ4v) is 6.31. The molecule has 4 nitrogen and oxygen atoms in total. The maximum absolute atomic E-state index is 11.9. The normalized spacial score (nSPS) is 44.4. The van der Waals surface area contributed by atoms with Crippen molar-refractivity contribution in [3.05, 3.63) is 0 Å². The molecule has 4 atom stereocenters. The molecule has 1 saturated carbocycles. The summed E-state index contributed by atoms with van der Waals surface area (Å²) in [7, 11) is -3.20. The SMILES string of the molecule is CC1CCC(C(C)C)C(O)(C2(C#N)CCS(=O)(=O)C2)C1. The van der Waals surface area contributed by atoms with Crippen LogP contribution in [0.15, 0.2) is 0 Å². The van der Waals surface area contributed by atoms with Gasteiger partial charge in [-0.2, -0.15) is 5.26 Å². The van der Waals surface area contributed by atoms with Gasteiger partial charge in [-0.15, -0.1) is 0 Å². The van der Waals surface area contributed by atoms with Gasteiger partial charge in [-0.1, -0.05) is 27.2 Å². The summed E-state index contributed by atoms with van der Waals surface area (Å²) in [5.74, 6) is 0.446. The zero-order valence-corrected chi connectivity index (χ0v) is 13.4. The fourth-order valence-electron chi connectivity index (χ4n) is 4.30. The van der Waals surface area contributed by atoms with E-state index in [-0.39, 0.29) is 29.8 Å². The maximum atomic E-state index is 11.9. The van der Waals surface area contributed by atoms with Gasteiger partial charge in [0.2, 0.25) is 0 Å². The molecule has 0 amide bonds. The summed E-state index contributed by atoms with van der Waals surface area (Å²) in [5, 5.41) is 21.0. The third-order valence-corrected chi connectivity index (χ3v) is 7.16. The predicted octanol–water partition coefficient (Wildman–Crippen LogP) is 2.14. The van der Waals surface area contributed by atoms with Gasteiger partial charge in [0.15, 0.2) is 9.84 Å². The van der Waals surface area contributed by atoms with E-state index < -0.39 is 20.9 Å². The van der Waals surface area contributed by atoms with E-state index in [0.29, 0.717) is 12.3 Å². The van der Waals surface area contributed by atoms with Crippen LogP contribution in [0.25, 0.3) is 0 Å². The van der Waals surface area contributed by atoms with Crippen molar-refractivity contribution in [1.82, 2.24) is 0 Å². The molecule has 1 heterocycles. The smallest absolute Gasteiger partial charge is 0.152 e. The summed E-state index contributed by atoms with van der Waals surface area (Å²) in [5.41, 5.74) is -2.29. The van der Waals surface area contributed by atoms with E-state index in [4.69, 9.17) is 0 Å². The largest absolute Gasteiger partial charge is 0.388 e. The average Bonchev–Trinajstić information content (AvgIpc) is 2.66. The summed E-state index contributed by atoms with van der Waals surface area (Å²) in [6.07, 6.45) is 2.73. The topological polar surface area (TPSA) is 78.2 Å². The first-order valence-electron chi connectivity index (χ1n) is 7.50. The van der Waals surface area contributed by atoms with E-state index in [1.807, 2.05) is 0 Å². The first-order chi connectivity index (χ1) is 9.16. The van der Waals surface area contributed by atoms with Gasteiger partial charge < -0.3 is 5.11 Å². The molecular formula is C15H25NO3S. The Hall–Kier alpha value is -0.600. The predicted molar refractivity (Wildman–Crippen MR) is 77.6 cm³/mol. The molecule has 2 aliphatic rings. The second-order valence-corrected chi connectivity index (χ2v) is 9.38. The molecule has 0 radical (unpaired) electrons. The lowest BCUT2D eigenvalue weighted by molar-refractivity contribution is -0.140. The lowest BCUT2D eigenvalue weighted by Gasteiger charge is -2.51. The Labute approximate surface area is 122 Å². The molecule has 0 bridgehead atoms. The van der Waals surface area contributed by atoms with Crippen LogP contribution in [0.5, 0.6) is 0 Å². The van der Waals surface area contributed by atoms with Crippen molar-refractivity contribution in [2.24, 2.45) is 23.2 Å². The van der Waals surface area contributed by atoms with Crippen LogP contribution >= 0.6 is 0 Å². The maximum Gasteiger partial charge on any atom is 0.152 e. The minimum atomic E-state index is -3.20. The molecule has 114 valence electrons. The first-order valence-corrected chi connectivity index (χ1v) is 9.32. The Morgan fingerprint density at radius 2 is 2.00 bits per heavy atom. The van der Waals surface area contributed by atoms with Crippen LogP contribution in [0.4, 0.5) is 0 Å². The number of sulfone groups is 1. The van der Waals surface area contributed by atoms with E-state index >= 15 is 0 Å². The van der Waals surface area contributed by atoms with Crippen LogP contribution in [0.3, 0.4) is 0 Å². The Kier molecular flexibility index (Phi) is 3.94. The quantitative estimate of drug-likeness (QED) is 0.847. The zero-order valence-electron chi connectivity index (χ0n) is 12.6. The number of nitriles is 1. The third kappa shape index (κ3) is 2.37. The summed E-state index contributed by atoms with van der Waals surface area (Å²) >= 11 is 0. The van der Waals surface area contributed by atoms with Crippen molar-refractivity contribution in [2.45, 2.75) is 52.1 Å². The molecule has 2 rings (SSSR count). The highest BCUT2D eigenvalue weighted by Crippen LogP contribution is 2.54. The van der Waals surface area contributed by atoms with Crippen molar-refractivity contribution >= 4 is 9.84 Å². The van der Waals surface area contributed by atoms with Crippen LogP contribution in [0.1, 0.15) is 46.5 Å². The molecule has 4 unspecified atom stereocenters. The second kappa shape index (κ2) is 4.99. The highest BCUT2D eigenvalue weighted by atomic mass is 32.2. The molecule has 1 N–H and O–H groups in total. The molecule has 0 aromatic rings. The van der Waals surface area contributed by atoms with E-state index in [1.165, 1.54) is 0 Å². The standard InChI is InChI=1S/C15H25NO3S/c1-11(2)13-5-4-12(3)8-15(13,17)14(9-16)6-7-20(18,19)10-14/h11-13,17H,4-8,10H2,1-3H3. The molecule has 1 saturated heterocycles. The Morgan fingerprint density at radius 1 is 1.35 bits per heavy atom. The molecule has 1 aliphatic carbocycles. The molecule has 5 heteroatoms. The molecular weight excluding hydrogens is 274 g/mol. The van der Waals surface area contributed by atoms with Gasteiger partial charge in [0.1, 0.15) is 5.41 Å². The molecule has 2 fully saturated rings. The van der Waals surface area contributed by atoms with Gasteiger partial charge in [0, 0.05) is 0 Å². The van der Waals surface area contributed by atoms with Crippen molar-refractivity contribution in [3.8, 4) is 6.07 Å². The van der Waals surface area contributed by atoms with Gasteiger partial charge >= 0.3 is 0 Å². The highest BCUT2D eigenvalue weighted by molar-refractivity contribution is 7.91. The van der Waals surface area contributed by atoms with Crippen LogP contribution in [-0.2, 0) is 9.84 Å². The lowest BCUT2D eigenvalue weighted by atomic mass is 9.56. The number of rotatable bonds is 2. The van der Waals surface area contributed by atoms with Crippen molar-refractivity contribution in [2.75, 3.05) is 11.5 Å². The molecule has 0 spiro atoms. The van der Waals surface area contributed by atoms with Crippen LogP contribution in [0.2, 0.25) is 0 Å². The molecule has 20 heavy (non-hydrogen) atoms. The minimum Gasteiger partial charge on any atom is -0.388 e. The number of hydrogen-bond donors (Lipinski definition) is 1. The summed E-state index contributed by atoms with van der Waals surface area (Å²) in [6.45, 7) is 6.19. The average molecular weight is 299 g/mol. The van der Waals surface area contributed by atoms with E-state index in [0.717, 1.165) is 12.8 Å². The zero-order chi connectivity index (χ0) is 15.2. The van der Waals surface area contributed by atoms with Crippen LogP contribution in [-0.4, -0.2) is 30.6 Å². The fraction of sp³-hybridized carbons (Fsp3) is 0.933. The molecule has 1 aliphatic heterocycles. The highest BCUT2D eigenvalue weighted by Gasteiger charge is 2.61. The number of hydrogen-bond acceptors (Lipinski definition) is 4. The Bertz CT molecular complexity index is 522. The van der Waals surface area contributed by atoms with Crippen molar-refractivity contribution < 1.29 is 13.5 Å². The van der Waals surface area contributed by atoms with E-state index in [1.54, 1.807) is 0 Å². The van der Waals surface area contributed by atoms with Gasteiger partial charge in [0.25, 0.3) is 0 Å². The first kappa shape index (κ1) is 15.8. The summed E-state index contributed by atoms with van der Waals surface area (Å²) in [6, 6.07) is 2.22. The Morgan fingerprint density at radius 3 is 2.45 bits per heavy atom. The number of nitrogens with zero attached hydrogens (tertiary/aromatic N) is 1. The third-order valence-electron chi connectivity index (χ3n) is 5.40. The van der Waals surface area contributed by atoms with Crippen LogP contribution in [0, 0.1) is 34.5 Å². The summed E-state index contributed by atoms with van der Waals surface area (Å²) in [4.78, 5) is 0. The Balaban J connectivity index is 2.46. The number of aliphatic hydroxyl groups is 1. The van der Waals surface area contributed by atoms with Gasteiger partial charge in [0.05, 0.1) is 23.2 Å². The van der Waals surface area contributed by atoms with E-state index in [2.05, 4.69) is 26.8 Å². The van der Waals surface area contributed by atoms with Gasteiger partial charge in [-0.05, 0) is 37.0 Å². The van der Waals surface area contributed by atoms with Gasteiger partial charge in [-0.3, -0.25) is 0 Å². The summed E-state index contributed by atoms with van der Waals surface area (Å²) < 4.78 is 23.8. The van der Waals surface area contributed by atoms with Gasteiger partial charge in [-0.25, -0.2) is 8.42 Å². The molecule has 0 aromatic heterocycles. The monoisotopic (exact) mass is 299 g/mol. The van der Waals surface area contributed by atoms with Crippen LogP contribution < -0.4 is 0 Å². The lowest BCUT2D eigenvalue weighted by Crippen LogP contribution is -2.57. The minimum absolute atomic E-state index is 0.00616. The second-order valence-electron chi connectivity index (χ2n) is 7.20. The molecule has 0 aromatic carbocycles. The van der Waals surface area contributed by atoms with Crippen molar-refractivity contribution in [3.63, 3.8) is 0 Å². The van der Waals surface area contributed by atoms with Crippen molar-refractivity contribution in [1.29, 1.82) is 5.26 Å².